The van der Waals surface area contributed by atoms with Crippen molar-refractivity contribution in [3.05, 3.63) is 48.5 Å². The Morgan fingerprint density at radius 1 is 0.452 bits per heavy atom. The Balaban J connectivity index is 1.56. The van der Waals surface area contributed by atoms with Gasteiger partial charge < -0.3 is 0 Å². The molecule has 0 N–H and O–H groups in total. The maximum Gasteiger partial charge on any atom is 0.261 e. The second kappa shape index (κ2) is 27.0. The van der Waals surface area contributed by atoms with E-state index in [2.05, 4.69) is 65.7 Å². The molecule has 0 spiro atoms. The second-order valence-electron chi connectivity index (χ2n) is 13.2. The fourth-order valence-corrected chi connectivity index (χ4v) is 6.53. The summed E-state index contributed by atoms with van der Waals surface area (Å²) in [5.74, 6) is 1.50. The van der Waals surface area contributed by atoms with Gasteiger partial charge in [0, 0.05) is 6.42 Å². The number of rotatable bonds is 30. The van der Waals surface area contributed by atoms with E-state index in [1.165, 1.54) is 198 Å². The molecule has 1 aromatic carbocycles. The van der Waals surface area contributed by atoms with Gasteiger partial charge in [-0.3, -0.25) is 0 Å². The normalized spacial score (nSPS) is 11.5. The highest BCUT2D eigenvalue weighted by Gasteiger charge is 2.18. The molecule has 0 fully saturated rings. The van der Waals surface area contributed by atoms with Gasteiger partial charge in [-0.05, 0) is 31.4 Å². The van der Waals surface area contributed by atoms with E-state index in [0.29, 0.717) is 0 Å². The van der Waals surface area contributed by atoms with Crippen molar-refractivity contribution in [3.8, 4) is 5.69 Å². The van der Waals surface area contributed by atoms with E-state index < -0.39 is 0 Å². The predicted octanol–water partition coefficient (Wildman–Crippen LogP) is 12.9. The van der Waals surface area contributed by atoms with Crippen LogP contribution in [0, 0.1) is 0 Å². The minimum absolute atomic E-state index is 1.17. The number of benzene rings is 1. The number of imidazole rings is 1. The summed E-state index contributed by atoms with van der Waals surface area (Å²) >= 11 is 0. The Morgan fingerprint density at radius 2 is 0.833 bits per heavy atom. The van der Waals surface area contributed by atoms with Crippen LogP contribution in [0.15, 0.2) is 42.7 Å². The molecule has 2 aromatic rings. The molecule has 0 radical (unpaired) electrons. The molecule has 1 aromatic heterocycles. The zero-order valence-corrected chi connectivity index (χ0v) is 28.4. The molecule has 1 heterocycles. The summed E-state index contributed by atoms with van der Waals surface area (Å²) in [5, 5.41) is 0. The molecule has 0 amide bonds. The molecule has 0 saturated heterocycles. The highest BCUT2D eigenvalue weighted by atomic mass is 15.1. The van der Waals surface area contributed by atoms with Crippen LogP contribution in [0.3, 0.4) is 0 Å². The first-order valence-corrected chi connectivity index (χ1v) is 19.0. The maximum absolute atomic E-state index is 2.56. The lowest BCUT2D eigenvalue weighted by Gasteiger charge is -2.07. The fraction of sp³-hybridized carbons (Fsp3) is 0.775. The molecule has 42 heavy (non-hydrogen) atoms. The summed E-state index contributed by atoms with van der Waals surface area (Å²) in [6.45, 7) is 5.78. The van der Waals surface area contributed by atoms with Crippen LogP contribution in [0.4, 0.5) is 0 Å². The summed E-state index contributed by atoms with van der Waals surface area (Å²) in [7, 11) is 0. The Morgan fingerprint density at radius 3 is 1.26 bits per heavy atom. The highest BCUT2D eigenvalue weighted by Crippen LogP contribution is 2.16. The van der Waals surface area contributed by atoms with E-state index in [-0.39, 0.29) is 0 Å². The van der Waals surface area contributed by atoms with Crippen molar-refractivity contribution in [2.75, 3.05) is 0 Å². The van der Waals surface area contributed by atoms with Crippen LogP contribution in [0.1, 0.15) is 193 Å². The Kier molecular flexibility index (Phi) is 23.6. The topological polar surface area (TPSA) is 8.81 Å². The van der Waals surface area contributed by atoms with Crippen LogP contribution < -0.4 is 4.57 Å². The molecule has 0 atom stereocenters. The Hall–Kier alpha value is -1.57. The number of unbranched alkanes of at least 4 members (excludes halogenated alkanes) is 25. The van der Waals surface area contributed by atoms with Gasteiger partial charge in [-0.1, -0.05) is 186 Å². The second-order valence-corrected chi connectivity index (χ2v) is 13.2. The van der Waals surface area contributed by atoms with Gasteiger partial charge in [-0.25, -0.2) is 4.57 Å². The van der Waals surface area contributed by atoms with Crippen molar-refractivity contribution in [1.29, 1.82) is 0 Å². The van der Waals surface area contributed by atoms with Crippen molar-refractivity contribution in [2.24, 2.45) is 0 Å². The minimum Gasteiger partial charge on any atom is -0.234 e. The zero-order chi connectivity index (χ0) is 29.8. The third-order valence-corrected chi connectivity index (χ3v) is 9.30. The van der Waals surface area contributed by atoms with E-state index >= 15 is 0 Å². The lowest BCUT2D eigenvalue weighted by molar-refractivity contribution is -0.704. The number of para-hydroxylation sites is 1. The van der Waals surface area contributed by atoms with Crippen molar-refractivity contribution < 1.29 is 4.57 Å². The summed E-state index contributed by atoms with van der Waals surface area (Å²) in [6, 6.07) is 11.0. The van der Waals surface area contributed by atoms with Crippen LogP contribution in [0.5, 0.6) is 0 Å². The monoisotopic (exact) mass is 580 g/mol. The Labute approximate surface area is 263 Å². The van der Waals surface area contributed by atoms with Crippen molar-refractivity contribution in [1.82, 2.24) is 4.57 Å². The number of aromatic nitrogens is 2. The van der Waals surface area contributed by atoms with E-state index in [9.17, 15) is 0 Å². The molecule has 0 aliphatic carbocycles. The molecule has 0 aliphatic heterocycles. The average molecular weight is 580 g/mol. The van der Waals surface area contributed by atoms with Crippen LogP contribution in [0.2, 0.25) is 0 Å². The minimum atomic E-state index is 1.17. The average Bonchev–Trinajstić information content (AvgIpc) is 3.42. The van der Waals surface area contributed by atoms with E-state index in [1.54, 1.807) is 0 Å². The highest BCUT2D eigenvalue weighted by molar-refractivity contribution is 5.31. The van der Waals surface area contributed by atoms with Crippen LogP contribution in [-0.2, 0) is 13.0 Å². The lowest BCUT2D eigenvalue weighted by Crippen LogP contribution is -2.37. The maximum atomic E-state index is 2.56. The quantitative estimate of drug-likeness (QED) is 0.0643. The SMILES string of the molecule is CCCCCCCCCCCCCCCCCCCc1n(-c2ccccc2)cc[n+]1CCCCCCCCCCCC. The molecule has 2 nitrogen and oxygen atoms in total. The third-order valence-electron chi connectivity index (χ3n) is 9.30. The molecular formula is C40H71N2+. The number of hydrogen-bond donors (Lipinski definition) is 0. The third kappa shape index (κ3) is 18.2. The Bertz CT molecular complexity index is 823. The van der Waals surface area contributed by atoms with Crippen LogP contribution >= 0.6 is 0 Å². The molecule has 0 unspecified atom stereocenters. The van der Waals surface area contributed by atoms with Gasteiger partial charge in [-0.2, -0.15) is 4.57 Å². The molecule has 240 valence electrons. The number of aryl methyl sites for hydroxylation is 1. The van der Waals surface area contributed by atoms with Crippen LogP contribution in [0.25, 0.3) is 5.69 Å². The van der Waals surface area contributed by atoms with E-state index in [4.69, 9.17) is 0 Å². The van der Waals surface area contributed by atoms with Gasteiger partial charge in [0.1, 0.15) is 18.1 Å². The largest absolute Gasteiger partial charge is 0.261 e. The summed E-state index contributed by atoms with van der Waals surface area (Å²) in [6.07, 6.45) is 44.3. The van der Waals surface area contributed by atoms with Crippen LogP contribution in [-0.4, -0.2) is 4.57 Å². The summed E-state index contributed by atoms with van der Waals surface area (Å²) in [5.41, 5.74) is 1.31. The lowest BCUT2D eigenvalue weighted by atomic mass is 10.0. The smallest absolute Gasteiger partial charge is 0.234 e. The van der Waals surface area contributed by atoms with Crippen molar-refractivity contribution in [2.45, 2.75) is 200 Å². The molecule has 2 rings (SSSR count). The van der Waals surface area contributed by atoms with Gasteiger partial charge in [0.25, 0.3) is 5.82 Å². The first-order valence-electron chi connectivity index (χ1n) is 19.0. The van der Waals surface area contributed by atoms with Gasteiger partial charge in [0.2, 0.25) is 0 Å². The van der Waals surface area contributed by atoms with Crippen molar-refractivity contribution >= 4 is 0 Å². The van der Waals surface area contributed by atoms with Gasteiger partial charge in [0.15, 0.2) is 0 Å². The van der Waals surface area contributed by atoms with E-state index in [1.807, 2.05) is 0 Å². The zero-order valence-electron chi connectivity index (χ0n) is 28.4. The molecular weight excluding hydrogens is 508 g/mol. The summed E-state index contributed by atoms with van der Waals surface area (Å²) in [4.78, 5) is 0. The molecule has 0 aliphatic rings. The first-order chi connectivity index (χ1) is 20.9. The van der Waals surface area contributed by atoms with Crippen molar-refractivity contribution in [3.63, 3.8) is 0 Å². The van der Waals surface area contributed by atoms with E-state index in [0.717, 1.165) is 0 Å². The number of hydrogen-bond acceptors (Lipinski definition) is 0. The standard InChI is InChI=1S/C40H71N2/c1-3-5-7-9-11-13-15-16-17-18-19-20-21-22-24-26-31-35-40-41(37-38-42(40)39-33-29-28-30-34-39)36-32-27-25-23-14-12-10-8-6-4-2/h28-30,33-34,37-38H,3-27,31-32,35-36H2,1-2H3/q+1. The summed E-state index contributed by atoms with van der Waals surface area (Å²) < 4.78 is 5.01. The van der Waals surface area contributed by atoms with Gasteiger partial charge in [-0.15, -0.1) is 0 Å². The fourth-order valence-electron chi connectivity index (χ4n) is 6.53. The molecule has 0 saturated carbocycles. The van der Waals surface area contributed by atoms with Gasteiger partial charge in [0.05, 0.1) is 6.54 Å². The molecule has 2 heteroatoms. The predicted molar refractivity (Wildman–Crippen MR) is 186 cm³/mol. The number of nitrogens with zero attached hydrogens (tertiary/aromatic N) is 2. The van der Waals surface area contributed by atoms with Gasteiger partial charge >= 0.3 is 0 Å². The molecule has 0 bridgehead atoms. The first kappa shape index (κ1) is 36.6.